The first kappa shape index (κ1) is 15.5. The average molecular weight is 699 g/mol. The van der Waals surface area contributed by atoms with Gasteiger partial charge in [0.2, 0.25) is 0 Å². The predicted molar refractivity (Wildman–Crippen MR) is 224 cm³/mol. The van der Waals surface area contributed by atoms with E-state index in [-0.39, 0.29) is 11.4 Å². The molecule has 10 aromatic rings. The van der Waals surface area contributed by atoms with Crippen LogP contribution in [0, 0.1) is 0 Å². The Morgan fingerprint density at radius 2 is 0.962 bits per heavy atom. The quantitative estimate of drug-likeness (QED) is 0.173. The molecule has 0 unspecified atom stereocenters. The Labute approximate surface area is 339 Å². The van der Waals surface area contributed by atoms with Crippen molar-refractivity contribution in [3.63, 3.8) is 0 Å². The lowest BCUT2D eigenvalue weighted by molar-refractivity contribution is 0.660. The van der Waals surface area contributed by atoms with Gasteiger partial charge in [0.1, 0.15) is 0 Å². The summed E-state index contributed by atoms with van der Waals surface area (Å²) in [6.07, 6.45) is 0. The second kappa shape index (κ2) is 11.2. The van der Waals surface area contributed by atoms with Crippen molar-refractivity contribution in [1.29, 1.82) is 0 Å². The Kier molecular flexibility index (Phi) is 3.28. The molecule has 0 saturated heterocycles. The Hall–Kier alpha value is -6.64. The maximum absolute atomic E-state index is 9.83. The summed E-state index contributed by atoms with van der Waals surface area (Å²) in [6, 6.07) is 13.6. The summed E-state index contributed by atoms with van der Waals surface area (Å²) in [5, 5.41) is 2.48. The van der Waals surface area contributed by atoms with Gasteiger partial charge in [-0.15, -0.1) is 0 Å². The Morgan fingerprint density at radius 3 is 1.62 bits per heavy atom. The lowest BCUT2D eigenvalue weighted by Gasteiger charge is -2.22. The van der Waals surface area contributed by atoms with Gasteiger partial charge in [0.05, 0.1) is 44.0 Å². The number of nitrogens with zero attached hydrogens (tertiary/aromatic N) is 2. The number of hydrogen-bond donors (Lipinski definition) is 0. The van der Waals surface area contributed by atoms with Crippen molar-refractivity contribution in [1.82, 2.24) is 9.13 Å². The molecule has 2 aromatic heterocycles. The van der Waals surface area contributed by atoms with Crippen LogP contribution in [0.2, 0.25) is 0 Å². The second-order valence-electron chi connectivity index (χ2n) is 12.9. The minimum Gasteiger partial charge on any atom is -0.309 e. The maximum atomic E-state index is 9.83. The van der Waals surface area contributed by atoms with E-state index in [1.165, 1.54) is 4.57 Å². The summed E-state index contributed by atoms with van der Waals surface area (Å²) < 4.78 is 198. The Balaban J connectivity index is 1.12. The van der Waals surface area contributed by atoms with E-state index in [2.05, 4.69) is 0 Å². The summed E-state index contributed by atoms with van der Waals surface area (Å²) in [5.41, 5.74) is -4.10. The average Bonchev–Trinajstić information content (AvgIpc) is 4.02. The summed E-state index contributed by atoms with van der Waals surface area (Å²) in [7, 11) is 0. The van der Waals surface area contributed by atoms with Crippen molar-refractivity contribution in [2.45, 2.75) is 19.1 Å². The molecule has 2 heteroatoms. The normalized spacial score (nSPS) is 19.6. The summed E-state index contributed by atoms with van der Waals surface area (Å²) >= 11 is 0. The highest BCUT2D eigenvalue weighted by Gasteiger charge is 2.35. The number of benzene rings is 8. The topological polar surface area (TPSA) is 9.86 Å². The first-order chi connectivity index (χ1) is 35.2. The third kappa shape index (κ3) is 4.39. The highest BCUT2D eigenvalue weighted by atomic mass is 15.0. The van der Waals surface area contributed by atoms with E-state index in [1.54, 1.807) is 71.3 Å². The highest BCUT2D eigenvalue weighted by molar-refractivity contribution is 6.12. The van der Waals surface area contributed by atoms with Crippen LogP contribution in [0.5, 0.6) is 0 Å². The van der Waals surface area contributed by atoms with Crippen LogP contribution in [-0.4, -0.2) is 9.13 Å². The van der Waals surface area contributed by atoms with Crippen LogP contribution >= 0.6 is 0 Å². The van der Waals surface area contributed by atoms with Gasteiger partial charge >= 0.3 is 0 Å². The minimum absolute atomic E-state index is 0.138. The van der Waals surface area contributed by atoms with Gasteiger partial charge in [-0.1, -0.05) is 135 Å². The van der Waals surface area contributed by atoms with Crippen LogP contribution in [-0.2, 0) is 5.41 Å². The molecular weight excluding hydrogens is 641 g/mol. The number of aromatic nitrogens is 2. The summed E-state index contributed by atoms with van der Waals surface area (Å²) in [5.74, 6) is 0. The molecule has 0 atom stereocenters. The molecular formula is C51H36N2. The van der Waals surface area contributed by atoms with Gasteiger partial charge in [-0.05, 0) is 105 Å². The fraction of sp³-hybridized carbons (Fsp3) is 0.0588. The largest absolute Gasteiger partial charge is 0.309 e. The fourth-order valence-electron chi connectivity index (χ4n) is 7.59. The molecule has 11 rings (SSSR count). The maximum Gasteiger partial charge on any atom is 0.0648 e. The molecule has 2 nitrogen and oxygen atoms in total. The van der Waals surface area contributed by atoms with Crippen molar-refractivity contribution in [3.05, 3.63) is 193 Å². The number of para-hydroxylation sites is 2. The molecule has 0 bridgehead atoms. The smallest absolute Gasteiger partial charge is 0.0648 e. The van der Waals surface area contributed by atoms with Crippen LogP contribution in [0.4, 0.5) is 0 Å². The molecule has 0 radical (unpaired) electrons. The van der Waals surface area contributed by atoms with Gasteiger partial charge in [-0.25, -0.2) is 0 Å². The predicted octanol–water partition coefficient (Wildman–Crippen LogP) is 13.5. The van der Waals surface area contributed by atoms with Gasteiger partial charge < -0.3 is 9.13 Å². The molecule has 0 saturated carbocycles. The lowest BCUT2D eigenvalue weighted by Crippen LogP contribution is -2.15. The molecule has 0 N–H and O–H groups in total. The summed E-state index contributed by atoms with van der Waals surface area (Å²) in [4.78, 5) is 0. The molecule has 1 aliphatic rings. The van der Waals surface area contributed by atoms with Gasteiger partial charge in [-0.3, -0.25) is 0 Å². The van der Waals surface area contributed by atoms with E-state index in [1.807, 2.05) is 18.2 Å². The number of hydrogen-bond acceptors (Lipinski definition) is 0. The molecule has 0 aliphatic heterocycles. The van der Waals surface area contributed by atoms with Gasteiger partial charge in [0.15, 0.2) is 0 Å². The zero-order chi connectivity index (χ0) is 54.2. The molecule has 8 aromatic carbocycles. The van der Waals surface area contributed by atoms with Crippen molar-refractivity contribution >= 4 is 43.6 Å². The van der Waals surface area contributed by atoms with Crippen LogP contribution in [0.25, 0.3) is 88.4 Å². The van der Waals surface area contributed by atoms with Crippen molar-refractivity contribution in [2.24, 2.45) is 0 Å². The number of fused-ring (bicyclic) bond motifs is 9. The van der Waals surface area contributed by atoms with Gasteiger partial charge in [-0.2, -0.15) is 0 Å². The van der Waals surface area contributed by atoms with E-state index in [9.17, 15) is 6.85 Å². The third-order valence-electron chi connectivity index (χ3n) is 9.97. The number of rotatable bonds is 4. The van der Waals surface area contributed by atoms with E-state index >= 15 is 0 Å². The van der Waals surface area contributed by atoms with E-state index in [0.29, 0.717) is 54.7 Å². The first-order valence-electron chi connectivity index (χ1n) is 27.7. The van der Waals surface area contributed by atoms with Crippen molar-refractivity contribution < 1.29 is 30.2 Å². The van der Waals surface area contributed by atoms with Crippen LogP contribution in [0.3, 0.4) is 0 Å². The third-order valence-corrected chi connectivity index (χ3v) is 9.97. The van der Waals surface area contributed by atoms with Crippen LogP contribution in [0.15, 0.2) is 182 Å². The Morgan fingerprint density at radius 1 is 0.434 bits per heavy atom. The zero-order valence-corrected chi connectivity index (χ0v) is 27.5. The molecule has 53 heavy (non-hydrogen) atoms. The van der Waals surface area contributed by atoms with Crippen LogP contribution in [0.1, 0.15) is 55.0 Å². The molecule has 0 amide bonds. The standard InChI is InChI=1S/C51H36N2/c1-51(2)45-17-9-6-14-39(45)40-27-26-38(32-46(40)51)53-48-19-11-8-16-42(48)44-31-36(23-29-50(44)53)35-22-28-49-43(30-35)41-15-7-10-18-47(41)52(49)37-24-20-34(21-25-37)33-12-4-3-5-13-33/h3-32H,1-2H3/i1D3,2D3,3D,4D,5D,6D,9D,12D,13D,14D,17D,20D,21D,24D,25D,26D,27D,32D. The fourth-order valence-corrected chi connectivity index (χ4v) is 7.59. The van der Waals surface area contributed by atoms with Crippen LogP contribution < -0.4 is 0 Å². The highest BCUT2D eigenvalue weighted by Crippen LogP contribution is 2.49. The zero-order valence-electron chi connectivity index (χ0n) is 49.5. The Bertz CT molecular complexity index is 4170. The second-order valence-corrected chi connectivity index (χ2v) is 12.9. The molecule has 2 heterocycles. The lowest BCUT2D eigenvalue weighted by atomic mass is 9.82. The van der Waals surface area contributed by atoms with E-state index < -0.39 is 149 Å². The van der Waals surface area contributed by atoms with Crippen molar-refractivity contribution in [2.75, 3.05) is 0 Å². The SMILES string of the molecule is [2H]c1c([2H])c([2H])c(-c2c([2H])c([2H])c(-n3c4ccccc4c4cc(-c5ccc6c(c5)c5ccccc5n6-c5c([2H])c([2H])c6c(c5[2H])C(C([2H])([2H])[2H])(C([2H])([2H])[2H])c5c([2H])c([2H])c([2H])c([2H])c5-6)ccc43)c([2H])c2[2H])c([2H])c1[2H]. The molecule has 1 aliphatic carbocycles. The van der Waals surface area contributed by atoms with E-state index in [0.717, 1.165) is 0 Å². The molecule has 0 fully saturated rings. The van der Waals surface area contributed by atoms with Gasteiger partial charge in [0.25, 0.3) is 0 Å². The monoisotopic (exact) mass is 698 g/mol. The first-order valence-corrected chi connectivity index (χ1v) is 16.7. The van der Waals surface area contributed by atoms with Crippen molar-refractivity contribution in [3.8, 4) is 44.8 Å². The minimum atomic E-state index is -3.58. The summed E-state index contributed by atoms with van der Waals surface area (Å²) in [6.45, 7) is -7.15. The van der Waals surface area contributed by atoms with Gasteiger partial charge in [0, 0.05) is 46.6 Å². The van der Waals surface area contributed by atoms with E-state index in [4.69, 9.17) is 23.3 Å². The molecule has 0 spiro atoms. The molecule has 250 valence electrons.